The van der Waals surface area contributed by atoms with Crippen molar-refractivity contribution in [1.82, 2.24) is 14.8 Å². The minimum atomic E-state index is 0.697. The highest BCUT2D eigenvalue weighted by Gasteiger charge is 1.99. The van der Waals surface area contributed by atoms with Gasteiger partial charge in [-0.25, -0.2) is 0 Å². The van der Waals surface area contributed by atoms with Crippen LogP contribution in [0.2, 0.25) is 0 Å². The molecule has 6 heteroatoms. The van der Waals surface area contributed by atoms with Crippen LogP contribution in [-0.2, 0) is 7.05 Å². The molecule has 1 heterocycles. The highest BCUT2D eigenvalue weighted by Crippen LogP contribution is 2.18. The van der Waals surface area contributed by atoms with E-state index in [1.807, 2.05) is 17.0 Å². The van der Waals surface area contributed by atoms with Gasteiger partial charge in [-0.3, -0.25) is 0 Å². The number of nitrogens with zero attached hydrogens (tertiary/aromatic N) is 4. The molecule has 1 rings (SSSR count). The van der Waals surface area contributed by atoms with Gasteiger partial charge in [0.25, 0.3) is 0 Å². The van der Waals surface area contributed by atoms with Crippen molar-refractivity contribution in [1.29, 1.82) is 5.26 Å². The third kappa shape index (κ3) is 2.44. The van der Waals surface area contributed by atoms with Gasteiger partial charge in [0.2, 0.25) is 0 Å². The number of aryl methyl sites for hydroxylation is 1. The average molecular weight is 186 g/mol. The van der Waals surface area contributed by atoms with Crippen molar-refractivity contribution in [3.05, 3.63) is 6.33 Å². The first kappa shape index (κ1) is 8.43. The van der Waals surface area contributed by atoms with Gasteiger partial charge in [0.1, 0.15) is 11.7 Å². The maximum absolute atomic E-state index is 8.22. The lowest BCUT2D eigenvalue weighted by atomic mass is 11.1. The Morgan fingerprint density at radius 3 is 3.18 bits per heavy atom. The lowest BCUT2D eigenvalue weighted by Gasteiger charge is -1.94. The Balaban J connectivity index is 2.40. The fourth-order valence-corrected chi connectivity index (χ4v) is 1.74. The number of aromatic nitrogens is 3. The van der Waals surface area contributed by atoms with E-state index in [1.165, 1.54) is 23.5 Å². The van der Waals surface area contributed by atoms with Gasteiger partial charge in [-0.1, -0.05) is 11.8 Å². The highest BCUT2D eigenvalue weighted by atomic mass is 32.2. The minimum absolute atomic E-state index is 0.697. The van der Waals surface area contributed by atoms with Gasteiger partial charge in [-0.2, -0.15) is 5.26 Å². The van der Waals surface area contributed by atoms with Crippen LogP contribution in [0.1, 0.15) is 0 Å². The molecule has 0 fully saturated rings. The molecule has 0 saturated carbocycles. The maximum atomic E-state index is 8.22. The normalized spacial score (nSPS) is 9.45. The molecular weight excluding hydrogens is 180 g/mol. The molecule has 11 heavy (non-hydrogen) atoms. The lowest BCUT2D eigenvalue weighted by molar-refractivity contribution is 0.790. The van der Waals surface area contributed by atoms with Gasteiger partial charge in [0, 0.05) is 7.05 Å². The molecule has 1 aromatic rings. The first-order valence-corrected chi connectivity index (χ1v) is 4.79. The summed E-state index contributed by atoms with van der Waals surface area (Å²) in [4.78, 5) is 0. The van der Waals surface area contributed by atoms with Crippen LogP contribution < -0.4 is 0 Å². The molecule has 58 valence electrons. The van der Waals surface area contributed by atoms with Crippen LogP contribution >= 0.6 is 23.5 Å². The molecule has 0 aliphatic heterocycles. The molecule has 0 spiro atoms. The van der Waals surface area contributed by atoms with E-state index < -0.39 is 0 Å². The number of hydrogen-bond acceptors (Lipinski definition) is 5. The van der Waals surface area contributed by atoms with Crippen LogP contribution in [0.5, 0.6) is 0 Å². The summed E-state index contributed by atoms with van der Waals surface area (Å²) in [6, 6.07) is 0. The van der Waals surface area contributed by atoms with Gasteiger partial charge >= 0.3 is 0 Å². The first-order chi connectivity index (χ1) is 5.34. The van der Waals surface area contributed by atoms with E-state index in [9.17, 15) is 0 Å². The smallest absolute Gasteiger partial charge is 0.191 e. The van der Waals surface area contributed by atoms with Crippen molar-refractivity contribution in [2.75, 3.05) is 5.08 Å². The summed E-state index contributed by atoms with van der Waals surface area (Å²) in [5.41, 5.74) is 0. The molecule has 0 amide bonds. The van der Waals surface area contributed by atoms with Crippen LogP contribution in [0.4, 0.5) is 0 Å². The van der Waals surface area contributed by atoms with Crippen LogP contribution in [-0.4, -0.2) is 19.8 Å². The molecule has 0 aromatic carbocycles. The highest BCUT2D eigenvalue weighted by molar-refractivity contribution is 8.18. The standard InChI is InChI=1S/C5H6N4S2/c1-9-3-7-8-5(9)11-4-10-2-6/h3H,4H2,1H3. The molecule has 0 atom stereocenters. The summed E-state index contributed by atoms with van der Waals surface area (Å²) >= 11 is 2.71. The zero-order valence-electron chi connectivity index (χ0n) is 5.89. The minimum Gasteiger partial charge on any atom is -0.312 e. The Hall–Kier alpha value is -0.670. The van der Waals surface area contributed by atoms with Gasteiger partial charge in [0.05, 0.1) is 5.08 Å². The Morgan fingerprint density at radius 1 is 1.82 bits per heavy atom. The van der Waals surface area contributed by atoms with E-state index in [-0.39, 0.29) is 0 Å². The molecule has 0 unspecified atom stereocenters. The number of thiocyanates is 1. The van der Waals surface area contributed by atoms with Crippen molar-refractivity contribution in [2.24, 2.45) is 7.05 Å². The third-order valence-corrected chi connectivity index (χ3v) is 2.68. The number of hydrogen-bond donors (Lipinski definition) is 0. The van der Waals surface area contributed by atoms with Crippen molar-refractivity contribution in [3.63, 3.8) is 0 Å². The second-order valence-corrected chi connectivity index (χ2v) is 3.79. The molecule has 0 aliphatic rings. The Bertz CT molecular complexity index is 264. The SMILES string of the molecule is Cn1cnnc1SCSC#N. The van der Waals surface area contributed by atoms with E-state index in [0.717, 1.165) is 5.16 Å². The predicted molar refractivity (Wildman–Crippen MR) is 44.9 cm³/mol. The quantitative estimate of drug-likeness (QED) is 0.306. The zero-order valence-corrected chi connectivity index (χ0v) is 7.52. The van der Waals surface area contributed by atoms with Crippen LogP contribution in [0.15, 0.2) is 11.5 Å². The number of nitriles is 1. The summed E-state index contributed by atoms with van der Waals surface area (Å²) in [5.74, 6) is 0. The Morgan fingerprint density at radius 2 is 2.64 bits per heavy atom. The van der Waals surface area contributed by atoms with Crippen molar-refractivity contribution in [3.8, 4) is 5.40 Å². The zero-order chi connectivity index (χ0) is 8.10. The van der Waals surface area contributed by atoms with Gasteiger partial charge in [-0.15, -0.1) is 10.2 Å². The van der Waals surface area contributed by atoms with Gasteiger partial charge in [-0.05, 0) is 11.8 Å². The van der Waals surface area contributed by atoms with E-state index in [4.69, 9.17) is 5.26 Å². The Kier molecular flexibility index (Phi) is 3.26. The Labute approximate surface area is 73.0 Å². The largest absolute Gasteiger partial charge is 0.312 e. The summed E-state index contributed by atoms with van der Waals surface area (Å²) < 4.78 is 1.82. The summed E-state index contributed by atoms with van der Waals surface area (Å²) in [5, 5.41) is 19.3. The lowest BCUT2D eigenvalue weighted by Crippen LogP contribution is -1.87. The molecular formula is C5H6N4S2. The van der Waals surface area contributed by atoms with E-state index in [0.29, 0.717) is 5.08 Å². The van der Waals surface area contributed by atoms with E-state index in [2.05, 4.69) is 10.2 Å². The molecule has 4 nitrogen and oxygen atoms in total. The molecule has 0 N–H and O–H groups in total. The van der Waals surface area contributed by atoms with E-state index >= 15 is 0 Å². The van der Waals surface area contributed by atoms with Crippen LogP contribution in [0.3, 0.4) is 0 Å². The molecule has 1 aromatic heterocycles. The van der Waals surface area contributed by atoms with Gasteiger partial charge < -0.3 is 4.57 Å². The number of thioether (sulfide) groups is 2. The van der Waals surface area contributed by atoms with E-state index in [1.54, 1.807) is 6.33 Å². The van der Waals surface area contributed by atoms with Crippen molar-refractivity contribution < 1.29 is 0 Å². The van der Waals surface area contributed by atoms with Gasteiger partial charge in [0.15, 0.2) is 5.16 Å². The predicted octanol–water partition coefficient (Wildman–Crippen LogP) is 1.08. The molecule has 0 radical (unpaired) electrons. The van der Waals surface area contributed by atoms with Crippen LogP contribution in [0.25, 0.3) is 0 Å². The summed E-state index contributed by atoms with van der Waals surface area (Å²) in [6.45, 7) is 0. The molecule has 0 aliphatic carbocycles. The van der Waals surface area contributed by atoms with Crippen molar-refractivity contribution >= 4 is 23.5 Å². The average Bonchev–Trinajstić information content (AvgIpc) is 2.37. The summed E-state index contributed by atoms with van der Waals surface area (Å²) in [6.07, 6.45) is 1.64. The van der Waals surface area contributed by atoms with Crippen LogP contribution in [0, 0.1) is 10.7 Å². The fourth-order valence-electron chi connectivity index (χ4n) is 0.512. The maximum Gasteiger partial charge on any atom is 0.191 e. The third-order valence-electron chi connectivity index (χ3n) is 0.981. The molecule has 0 bridgehead atoms. The fraction of sp³-hybridized carbons (Fsp3) is 0.400. The summed E-state index contributed by atoms with van der Waals surface area (Å²) in [7, 11) is 1.87. The van der Waals surface area contributed by atoms with Crippen molar-refractivity contribution in [2.45, 2.75) is 5.16 Å². The monoisotopic (exact) mass is 186 g/mol. The molecule has 0 saturated heterocycles. The topological polar surface area (TPSA) is 54.5 Å². The first-order valence-electron chi connectivity index (χ1n) is 2.82. The number of rotatable bonds is 3. The second kappa shape index (κ2) is 4.26. The second-order valence-electron chi connectivity index (χ2n) is 1.72.